The van der Waals surface area contributed by atoms with E-state index in [1.165, 1.54) is 29.2 Å². The summed E-state index contributed by atoms with van der Waals surface area (Å²) in [5.41, 5.74) is -0.0561. The smallest absolute Gasteiger partial charge is 0.416 e. The maximum atomic E-state index is 13.1. The lowest BCUT2D eigenvalue weighted by Crippen LogP contribution is -2.45. The minimum Gasteiger partial charge on any atom is -0.462 e. The predicted molar refractivity (Wildman–Crippen MR) is 132 cm³/mol. The number of nitrogens with zero attached hydrogens (tertiary/aromatic N) is 2. The topological polar surface area (TPSA) is 88.1 Å². The standard InChI is InChI=1S/C25H26F3N3O4S/c1-3-5-13-31-21(32)15-20(22(33)29-18-11-9-16(10-12-18)23(34)35-4-2)36-24(31)30-19-8-6-7-17(14-19)25(26,27)28/h6-12,14,20H,3-5,13,15H2,1-2H3,(H,29,33). The molecular weight excluding hydrogens is 495 g/mol. The molecule has 0 bridgehead atoms. The number of nitrogens with one attached hydrogen (secondary N) is 1. The fourth-order valence-electron chi connectivity index (χ4n) is 3.37. The summed E-state index contributed by atoms with van der Waals surface area (Å²) in [5, 5.41) is 2.06. The van der Waals surface area contributed by atoms with Gasteiger partial charge in [-0.05, 0) is 55.8 Å². The molecule has 2 amide bonds. The van der Waals surface area contributed by atoms with Crippen molar-refractivity contribution < 1.29 is 32.3 Å². The van der Waals surface area contributed by atoms with E-state index in [0.29, 0.717) is 24.2 Å². The van der Waals surface area contributed by atoms with E-state index in [1.54, 1.807) is 19.1 Å². The van der Waals surface area contributed by atoms with E-state index in [0.717, 1.165) is 30.3 Å². The third kappa shape index (κ3) is 7.09. The second-order valence-electron chi connectivity index (χ2n) is 7.94. The highest BCUT2D eigenvalue weighted by molar-refractivity contribution is 8.15. The zero-order valence-electron chi connectivity index (χ0n) is 19.8. The first-order valence-electron chi connectivity index (χ1n) is 11.4. The maximum absolute atomic E-state index is 13.1. The number of aliphatic imine (C=N–C) groups is 1. The first-order valence-corrected chi connectivity index (χ1v) is 12.3. The number of halogens is 3. The Kier molecular flexibility index (Phi) is 9.14. The highest BCUT2D eigenvalue weighted by atomic mass is 32.2. The Balaban J connectivity index is 1.80. The molecular formula is C25H26F3N3O4S. The summed E-state index contributed by atoms with van der Waals surface area (Å²) in [6.07, 6.45) is -3.13. The first kappa shape index (κ1) is 27.3. The van der Waals surface area contributed by atoms with Crippen molar-refractivity contribution in [2.45, 2.75) is 44.5 Å². The van der Waals surface area contributed by atoms with Gasteiger partial charge >= 0.3 is 12.1 Å². The van der Waals surface area contributed by atoms with Crippen LogP contribution in [0.25, 0.3) is 0 Å². The molecule has 7 nitrogen and oxygen atoms in total. The molecule has 1 aliphatic heterocycles. The van der Waals surface area contributed by atoms with E-state index < -0.39 is 28.9 Å². The van der Waals surface area contributed by atoms with E-state index in [9.17, 15) is 27.6 Å². The van der Waals surface area contributed by atoms with Crippen molar-refractivity contribution >= 4 is 46.1 Å². The molecule has 1 atom stereocenters. The van der Waals surface area contributed by atoms with Crippen molar-refractivity contribution in [2.24, 2.45) is 4.99 Å². The summed E-state index contributed by atoms with van der Waals surface area (Å²) in [7, 11) is 0. The van der Waals surface area contributed by atoms with Crippen LogP contribution in [0.4, 0.5) is 24.5 Å². The van der Waals surface area contributed by atoms with E-state index >= 15 is 0 Å². The average molecular weight is 522 g/mol. The van der Waals surface area contributed by atoms with Gasteiger partial charge in [0.25, 0.3) is 0 Å². The molecule has 192 valence electrons. The zero-order chi connectivity index (χ0) is 26.3. The first-order chi connectivity index (χ1) is 17.1. The summed E-state index contributed by atoms with van der Waals surface area (Å²) in [5.74, 6) is -1.26. The monoisotopic (exact) mass is 521 g/mol. The van der Waals surface area contributed by atoms with Gasteiger partial charge in [-0.1, -0.05) is 31.2 Å². The number of benzene rings is 2. The molecule has 2 aromatic rings. The molecule has 11 heteroatoms. The average Bonchev–Trinajstić information content (AvgIpc) is 2.83. The van der Waals surface area contributed by atoms with Gasteiger partial charge in [0.2, 0.25) is 11.8 Å². The molecule has 36 heavy (non-hydrogen) atoms. The number of carbonyl (C=O) groups excluding carboxylic acids is 3. The highest BCUT2D eigenvalue weighted by Gasteiger charge is 2.36. The van der Waals surface area contributed by atoms with E-state index in [4.69, 9.17) is 4.74 Å². The number of unbranched alkanes of at least 4 members (excludes halogenated alkanes) is 1. The molecule has 0 saturated carbocycles. The Morgan fingerprint density at radius 3 is 2.53 bits per heavy atom. The molecule has 0 radical (unpaired) electrons. The Bertz CT molecular complexity index is 1140. The van der Waals surface area contributed by atoms with Crippen molar-refractivity contribution in [2.75, 3.05) is 18.5 Å². The number of hydrogen-bond acceptors (Lipinski definition) is 6. The van der Waals surface area contributed by atoms with Gasteiger partial charge in [-0.15, -0.1) is 0 Å². The predicted octanol–water partition coefficient (Wildman–Crippen LogP) is 5.64. The molecule has 1 unspecified atom stereocenters. The Hall–Kier alpha value is -3.34. The summed E-state index contributed by atoms with van der Waals surface area (Å²) in [4.78, 5) is 43.4. The molecule has 0 aromatic heterocycles. The van der Waals surface area contributed by atoms with Gasteiger partial charge < -0.3 is 10.1 Å². The number of thioether (sulfide) groups is 1. The summed E-state index contributed by atoms with van der Waals surface area (Å²) in [6.45, 7) is 4.24. The minimum absolute atomic E-state index is 0.0391. The normalized spacial score (nSPS) is 17.2. The highest BCUT2D eigenvalue weighted by Crippen LogP contribution is 2.34. The Morgan fingerprint density at radius 1 is 1.17 bits per heavy atom. The number of amidine groups is 1. The van der Waals surface area contributed by atoms with E-state index in [2.05, 4.69) is 10.3 Å². The lowest BCUT2D eigenvalue weighted by Gasteiger charge is -2.31. The van der Waals surface area contributed by atoms with E-state index in [-0.39, 0.29) is 29.8 Å². The fraction of sp³-hybridized carbons (Fsp3) is 0.360. The summed E-state index contributed by atoms with van der Waals surface area (Å²) >= 11 is 1.03. The molecule has 1 aliphatic rings. The Labute approximate surface area is 211 Å². The molecule has 0 spiro atoms. The van der Waals surface area contributed by atoms with Crippen molar-refractivity contribution in [3.63, 3.8) is 0 Å². The van der Waals surface area contributed by atoms with Crippen LogP contribution in [-0.4, -0.2) is 46.3 Å². The van der Waals surface area contributed by atoms with Crippen LogP contribution < -0.4 is 5.32 Å². The van der Waals surface area contributed by atoms with Crippen LogP contribution >= 0.6 is 11.8 Å². The third-order valence-corrected chi connectivity index (χ3v) is 6.42. The fourth-order valence-corrected chi connectivity index (χ4v) is 4.49. The number of rotatable bonds is 8. The number of carbonyl (C=O) groups is 3. The van der Waals surface area contributed by atoms with Crippen LogP contribution in [0.2, 0.25) is 0 Å². The number of ether oxygens (including phenoxy) is 1. The number of alkyl halides is 3. The number of hydrogen-bond donors (Lipinski definition) is 1. The molecule has 1 heterocycles. The van der Waals surface area contributed by atoms with Crippen LogP contribution in [0.3, 0.4) is 0 Å². The lowest BCUT2D eigenvalue weighted by molar-refractivity contribution is -0.137. The van der Waals surface area contributed by atoms with Crippen molar-refractivity contribution in [1.82, 2.24) is 4.90 Å². The van der Waals surface area contributed by atoms with Gasteiger partial charge in [0.15, 0.2) is 5.17 Å². The zero-order valence-corrected chi connectivity index (χ0v) is 20.6. The van der Waals surface area contributed by atoms with Crippen LogP contribution in [-0.2, 0) is 20.5 Å². The van der Waals surface area contributed by atoms with Crippen LogP contribution in [0.15, 0.2) is 53.5 Å². The molecule has 1 fully saturated rings. The lowest BCUT2D eigenvalue weighted by atomic mass is 10.2. The van der Waals surface area contributed by atoms with Crippen LogP contribution in [0, 0.1) is 0 Å². The van der Waals surface area contributed by atoms with Gasteiger partial charge in [0.05, 0.1) is 23.4 Å². The minimum atomic E-state index is -4.53. The molecule has 1 saturated heterocycles. The molecule has 1 N–H and O–H groups in total. The maximum Gasteiger partial charge on any atom is 0.416 e. The van der Waals surface area contributed by atoms with Crippen molar-refractivity contribution in [3.8, 4) is 0 Å². The van der Waals surface area contributed by atoms with Gasteiger partial charge in [-0.2, -0.15) is 13.2 Å². The third-order valence-electron chi connectivity index (χ3n) is 5.23. The molecule has 2 aromatic carbocycles. The van der Waals surface area contributed by atoms with Crippen LogP contribution in [0.5, 0.6) is 0 Å². The number of amides is 2. The molecule has 0 aliphatic carbocycles. The van der Waals surface area contributed by atoms with Gasteiger partial charge in [-0.25, -0.2) is 9.79 Å². The van der Waals surface area contributed by atoms with Crippen molar-refractivity contribution in [3.05, 3.63) is 59.7 Å². The number of esters is 1. The van der Waals surface area contributed by atoms with Gasteiger partial charge in [-0.3, -0.25) is 14.5 Å². The molecule has 3 rings (SSSR count). The van der Waals surface area contributed by atoms with Gasteiger partial charge in [0.1, 0.15) is 5.25 Å². The number of anilines is 1. The second kappa shape index (κ2) is 12.1. The quantitative estimate of drug-likeness (QED) is 0.454. The van der Waals surface area contributed by atoms with E-state index in [1.807, 2.05) is 6.92 Å². The summed E-state index contributed by atoms with van der Waals surface area (Å²) < 4.78 is 44.3. The summed E-state index contributed by atoms with van der Waals surface area (Å²) in [6, 6.07) is 10.6. The van der Waals surface area contributed by atoms with Crippen molar-refractivity contribution in [1.29, 1.82) is 0 Å². The second-order valence-corrected chi connectivity index (χ2v) is 9.11. The Morgan fingerprint density at radius 2 is 1.89 bits per heavy atom. The SMILES string of the molecule is CCCCN1C(=O)CC(C(=O)Nc2ccc(C(=O)OCC)cc2)SC1=Nc1cccc(C(F)(F)F)c1. The largest absolute Gasteiger partial charge is 0.462 e. The van der Waals surface area contributed by atoms with Crippen LogP contribution in [0.1, 0.15) is 49.0 Å². The van der Waals surface area contributed by atoms with Gasteiger partial charge in [0, 0.05) is 18.7 Å².